The summed E-state index contributed by atoms with van der Waals surface area (Å²) in [5.74, 6) is 0.613. The van der Waals surface area contributed by atoms with Gasteiger partial charge in [0.2, 0.25) is 0 Å². The number of aliphatic imine (C=N–C) groups is 4. The molecular formula is C5H3N5. The Balaban J connectivity index is 2.54. The molecule has 2 aliphatic heterocycles. The maximum absolute atomic E-state index is 7.23. The molecule has 5 heteroatoms. The van der Waals surface area contributed by atoms with Crippen LogP contribution in [0.1, 0.15) is 0 Å². The van der Waals surface area contributed by atoms with Crippen LogP contribution >= 0.6 is 0 Å². The molecule has 0 spiro atoms. The molecule has 48 valence electrons. The van der Waals surface area contributed by atoms with Crippen LogP contribution in [0.15, 0.2) is 20.0 Å². The molecule has 2 heterocycles. The molecule has 0 aliphatic carbocycles. The van der Waals surface area contributed by atoms with Crippen LogP contribution in [-0.4, -0.2) is 30.1 Å². The fourth-order valence-corrected chi connectivity index (χ4v) is 0.724. The largest absolute Gasteiger partial charge is 0.281 e. The number of rotatable bonds is 0. The number of amidine groups is 2. The lowest BCUT2D eigenvalue weighted by Gasteiger charge is -1.99. The number of nitrogens with zero attached hydrogens (tertiary/aromatic N) is 4. The summed E-state index contributed by atoms with van der Waals surface area (Å²) in [6.07, 6.45) is 2.68. The Morgan fingerprint density at radius 1 is 1.10 bits per heavy atom. The number of nitrogens with one attached hydrogen (secondary N) is 1. The van der Waals surface area contributed by atoms with Crippen molar-refractivity contribution < 1.29 is 0 Å². The third kappa shape index (κ3) is 0.540. The van der Waals surface area contributed by atoms with E-state index in [0.29, 0.717) is 11.5 Å². The lowest BCUT2D eigenvalue weighted by Crippen LogP contribution is -2.21. The van der Waals surface area contributed by atoms with E-state index < -0.39 is 0 Å². The first-order chi connectivity index (χ1) is 4.88. The molecule has 0 aromatic rings. The Labute approximate surface area is 56.5 Å². The Kier molecular flexibility index (Phi) is 0.858. The van der Waals surface area contributed by atoms with Crippen molar-refractivity contribution in [3.63, 3.8) is 0 Å². The monoisotopic (exact) mass is 133 g/mol. The zero-order chi connectivity index (χ0) is 6.97. The zero-order valence-electron chi connectivity index (χ0n) is 4.94. The normalized spacial score (nSPS) is 20.6. The van der Waals surface area contributed by atoms with E-state index in [4.69, 9.17) is 5.41 Å². The van der Waals surface area contributed by atoms with Gasteiger partial charge >= 0.3 is 0 Å². The second-order valence-corrected chi connectivity index (χ2v) is 1.77. The highest BCUT2D eigenvalue weighted by molar-refractivity contribution is 6.71. The molecule has 2 aliphatic rings. The summed E-state index contributed by atoms with van der Waals surface area (Å²) in [6, 6.07) is 0. The second kappa shape index (κ2) is 1.66. The van der Waals surface area contributed by atoms with Gasteiger partial charge in [0.05, 0.1) is 0 Å². The summed E-state index contributed by atoms with van der Waals surface area (Å²) in [5, 5.41) is 7.23. The van der Waals surface area contributed by atoms with E-state index in [1.807, 2.05) is 0 Å². The maximum atomic E-state index is 7.23. The molecular weight excluding hydrogens is 130 g/mol. The van der Waals surface area contributed by atoms with Crippen LogP contribution in [0.2, 0.25) is 0 Å². The molecule has 0 atom stereocenters. The number of fused-ring (bicyclic) bond motifs is 1. The lowest BCUT2D eigenvalue weighted by molar-refractivity contribution is 1.46. The summed E-state index contributed by atoms with van der Waals surface area (Å²) in [7, 11) is 0. The van der Waals surface area contributed by atoms with Crippen molar-refractivity contribution >= 4 is 30.1 Å². The first-order valence-electron chi connectivity index (χ1n) is 2.68. The Morgan fingerprint density at radius 2 is 1.90 bits per heavy atom. The van der Waals surface area contributed by atoms with E-state index in [0.717, 1.165) is 0 Å². The minimum Gasteiger partial charge on any atom is -0.281 e. The van der Waals surface area contributed by atoms with Crippen molar-refractivity contribution in [2.24, 2.45) is 20.0 Å². The fourth-order valence-electron chi connectivity index (χ4n) is 0.724. The topological polar surface area (TPSA) is 73.3 Å². The third-order valence-electron chi connectivity index (χ3n) is 1.17. The van der Waals surface area contributed by atoms with E-state index in [-0.39, 0.29) is 5.84 Å². The molecule has 5 nitrogen and oxygen atoms in total. The third-order valence-corrected chi connectivity index (χ3v) is 1.17. The smallest absolute Gasteiger partial charge is 0.185 e. The van der Waals surface area contributed by atoms with Crippen LogP contribution in [0.4, 0.5) is 0 Å². The highest BCUT2D eigenvalue weighted by Crippen LogP contribution is 2.00. The van der Waals surface area contributed by atoms with Gasteiger partial charge in [-0.15, -0.1) is 0 Å². The van der Waals surface area contributed by atoms with E-state index >= 15 is 0 Å². The molecule has 0 saturated carbocycles. The van der Waals surface area contributed by atoms with Crippen LogP contribution in [0, 0.1) is 5.41 Å². The summed E-state index contributed by atoms with van der Waals surface area (Å²) >= 11 is 0. The van der Waals surface area contributed by atoms with Crippen LogP contribution in [0.3, 0.4) is 0 Å². The van der Waals surface area contributed by atoms with Crippen LogP contribution in [0.25, 0.3) is 0 Å². The van der Waals surface area contributed by atoms with Crippen molar-refractivity contribution in [2.45, 2.75) is 0 Å². The summed E-state index contributed by atoms with van der Waals surface area (Å²) in [5.41, 5.74) is 0.461. The van der Waals surface area contributed by atoms with Gasteiger partial charge in [-0.05, 0) is 0 Å². The van der Waals surface area contributed by atoms with Crippen molar-refractivity contribution in [3.05, 3.63) is 0 Å². The number of hydrogen-bond acceptors (Lipinski definition) is 4. The molecule has 0 aromatic carbocycles. The van der Waals surface area contributed by atoms with Gasteiger partial charge in [0.15, 0.2) is 17.4 Å². The van der Waals surface area contributed by atoms with Crippen molar-refractivity contribution in [2.75, 3.05) is 0 Å². The quantitative estimate of drug-likeness (QED) is 0.478. The van der Waals surface area contributed by atoms with Crippen molar-refractivity contribution in [1.82, 2.24) is 0 Å². The van der Waals surface area contributed by atoms with Crippen LogP contribution in [-0.2, 0) is 0 Å². The van der Waals surface area contributed by atoms with Gasteiger partial charge in [-0.3, -0.25) is 5.41 Å². The fraction of sp³-hybridized carbons (Fsp3) is 0. The first-order valence-corrected chi connectivity index (χ1v) is 2.68. The highest BCUT2D eigenvalue weighted by atomic mass is 15.1. The molecule has 10 heavy (non-hydrogen) atoms. The Bertz CT molecular complexity index is 300. The summed E-state index contributed by atoms with van der Waals surface area (Å²) < 4.78 is 0. The van der Waals surface area contributed by atoms with E-state index in [1.165, 1.54) is 12.7 Å². The SMILES string of the molecule is N=C1N=CN=C2N=CN=C12. The van der Waals surface area contributed by atoms with Gasteiger partial charge in [-0.1, -0.05) is 0 Å². The van der Waals surface area contributed by atoms with Crippen molar-refractivity contribution in [1.29, 1.82) is 5.41 Å². The zero-order valence-corrected chi connectivity index (χ0v) is 4.94. The molecule has 1 N–H and O–H groups in total. The summed E-state index contributed by atoms with van der Waals surface area (Å²) in [6.45, 7) is 0. The average Bonchev–Trinajstić information content (AvgIpc) is 2.36. The molecule has 0 radical (unpaired) electrons. The molecule has 0 bridgehead atoms. The molecule has 0 aromatic heterocycles. The van der Waals surface area contributed by atoms with E-state index in [2.05, 4.69) is 20.0 Å². The van der Waals surface area contributed by atoms with Crippen molar-refractivity contribution in [3.8, 4) is 0 Å². The van der Waals surface area contributed by atoms with E-state index in [9.17, 15) is 0 Å². The predicted octanol–water partition coefficient (Wildman–Crippen LogP) is -0.113. The molecule has 0 unspecified atom stereocenters. The van der Waals surface area contributed by atoms with Gasteiger partial charge in [0.25, 0.3) is 0 Å². The Hall–Kier alpha value is -1.65. The first kappa shape index (κ1) is 5.16. The minimum atomic E-state index is 0.127. The molecule has 0 saturated heterocycles. The van der Waals surface area contributed by atoms with Gasteiger partial charge < -0.3 is 0 Å². The van der Waals surface area contributed by atoms with Gasteiger partial charge in [0.1, 0.15) is 12.7 Å². The second-order valence-electron chi connectivity index (χ2n) is 1.77. The van der Waals surface area contributed by atoms with Gasteiger partial charge in [0, 0.05) is 0 Å². The number of hydrogen-bond donors (Lipinski definition) is 1. The predicted molar refractivity (Wildman–Crippen MR) is 39.6 cm³/mol. The minimum absolute atomic E-state index is 0.127. The standard InChI is InChI=1S/C5H3N5/c6-4-3-5(9-1-7-3)10-2-8-4/h1-2,6H. The van der Waals surface area contributed by atoms with Crippen LogP contribution < -0.4 is 0 Å². The summed E-state index contributed by atoms with van der Waals surface area (Å²) in [4.78, 5) is 15.0. The Morgan fingerprint density at radius 3 is 2.70 bits per heavy atom. The maximum Gasteiger partial charge on any atom is 0.185 e. The molecule has 0 fully saturated rings. The van der Waals surface area contributed by atoms with Gasteiger partial charge in [-0.2, -0.15) is 0 Å². The molecule has 0 amide bonds. The van der Waals surface area contributed by atoms with Gasteiger partial charge in [-0.25, -0.2) is 20.0 Å². The molecule has 2 rings (SSSR count). The van der Waals surface area contributed by atoms with E-state index in [1.54, 1.807) is 0 Å². The lowest BCUT2D eigenvalue weighted by atomic mass is 10.3. The van der Waals surface area contributed by atoms with Crippen LogP contribution in [0.5, 0.6) is 0 Å². The highest BCUT2D eigenvalue weighted by Gasteiger charge is 2.18. The average molecular weight is 133 g/mol.